The molecule has 0 fully saturated rings. The lowest BCUT2D eigenvalue weighted by Gasteiger charge is -2.10. The quantitative estimate of drug-likeness (QED) is 0.836. The number of hydrogen-bond acceptors (Lipinski definition) is 3. The molecule has 7 heteroatoms. The number of H-pyrrole nitrogens is 1. The molecule has 0 spiro atoms. The van der Waals surface area contributed by atoms with E-state index in [1.807, 2.05) is 0 Å². The second-order valence-corrected chi connectivity index (χ2v) is 4.32. The molecule has 1 heterocycles. The normalized spacial score (nSPS) is 10.2. The van der Waals surface area contributed by atoms with Gasteiger partial charge in [-0.05, 0) is 15.9 Å². The van der Waals surface area contributed by atoms with Gasteiger partial charge in [0, 0.05) is 33.3 Å². The number of nitrogens with zero attached hydrogens (tertiary/aromatic N) is 2. The standard InChI is InChI=1S/C9H12BrN3O3/c1-12(2)7(14)3-4-13-5-6(10)8(15)11-9(13)16/h5H,3-4H2,1-2H3,(H,11,15,16). The molecule has 16 heavy (non-hydrogen) atoms. The van der Waals surface area contributed by atoms with Gasteiger partial charge in [0.05, 0.1) is 4.47 Å². The molecular formula is C9H12BrN3O3. The van der Waals surface area contributed by atoms with Gasteiger partial charge in [-0.2, -0.15) is 0 Å². The Morgan fingerprint density at radius 3 is 2.69 bits per heavy atom. The average molecular weight is 290 g/mol. The van der Waals surface area contributed by atoms with Crippen molar-refractivity contribution in [1.82, 2.24) is 14.5 Å². The summed E-state index contributed by atoms with van der Waals surface area (Å²) in [6, 6.07) is 0. The number of carbonyl (C=O) groups excluding carboxylic acids is 1. The minimum absolute atomic E-state index is 0.0748. The summed E-state index contributed by atoms with van der Waals surface area (Å²) in [7, 11) is 3.29. The van der Waals surface area contributed by atoms with Gasteiger partial charge in [-0.3, -0.25) is 19.1 Å². The summed E-state index contributed by atoms with van der Waals surface area (Å²) in [6.45, 7) is 0.241. The minimum atomic E-state index is -0.514. The van der Waals surface area contributed by atoms with E-state index in [0.29, 0.717) is 0 Å². The van der Waals surface area contributed by atoms with Crippen LogP contribution in [0.2, 0.25) is 0 Å². The highest BCUT2D eigenvalue weighted by molar-refractivity contribution is 9.10. The molecule has 0 radical (unpaired) electrons. The molecule has 0 aliphatic rings. The first-order valence-corrected chi connectivity index (χ1v) is 5.40. The smallest absolute Gasteiger partial charge is 0.328 e. The van der Waals surface area contributed by atoms with Crippen LogP contribution in [-0.4, -0.2) is 34.5 Å². The Hall–Kier alpha value is -1.37. The second kappa shape index (κ2) is 5.11. The first-order valence-electron chi connectivity index (χ1n) is 4.61. The van der Waals surface area contributed by atoms with Gasteiger partial charge < -0.3 is 4.90 Å². The number of amides is 1. The largest absolute Gasteiger partial charge is 0.349 e. The zero-order valence-electron chi connectivity index (χ0n) is 8.99. The molecular weight excluding hydrogens is 278 g/mol. The molecule has 1 rings (SSSR count). The predicted octanol–water partition coefficient (Wildman–Crippen LogP) is -0.223. The number of hydrogen-bond donors (Lipinski definition) is 1. The van der Waals surface area contributed by atoms with Crippen LogP contribution >= 0.6 is 15.9 Å². The summed E-state index contributed by atoms with van der Waals surface area (Å²) < 4.78 is 1.55. The van der Waals surface area contributed by atoms with E-state index in [-0.39, 0.29) is 23.3 Å². The third-order valence-corrected chi connectivity index (χ3v) is 2.60. The molecule has 0 bridgehead atoms. The first-order chi connectivity index (χ1) is 7.41. The molecule has 6 nitrogen and oxygen atoms in total. The molecule has 88 valence electrons. The molecule has 0 atom stereocenters. The molecule has 0 aliphatic carbocycles. The molecule has 1 aromatic rings. The van der Waals surface area contributed by atoms with E-state index in [0.717, 1.165) is 0 Å². The van der Waals surface area contributed by atoms with E-state index < -0.39 is 11.2 Å². The van der Waals surface area contributed by atoms with Crippen molar-refractivity contribution in [1.29, 1.82) is 0 Å². The van der Waals surface area contributed by atoms with Crippen LogP contribution in [0.25, 0.3) is 0 Å². The number of aromatic nitrogens is 2. The van der Waals surface area contributed by atoms with Crippen molar-refractivity contribution in [3.63, 3.8) is 0 Å². The lowest BCUT2D eigenvalue weighted by Crippen LogP contribution is -2.31. The molecule has 0 unspecified atom stereocenters. The highest BCUT2D eigenvalue weighted by Crippen LogP contribution is 1.99. The van der Waals surface area contributed by atoms with Gasteiger partial charge in [-0.15, -0.1) is 0 Å². The van der Waals surface area contributed by atoms with Crippen molar-refractivity contribution >= 4 is 21.8 Å². The van der Waals surface area contributed by atoms with Gasteiger partial charge in [0.2, 0.25) is 5.91 Å². The van der Waals surface area contributed by atoms with Crippen LogP contribution in [0.15, 0.2) is 20.3 Å². The van der Waals surface area contributed by atoms with Crippen molar-refractivity contribution in [2.24, 2.45) is 0 Å². The van der Waals surface area contributed by atoms with E-state index >= 15 is 0 Å². The molecule has 1 amide bonds. The maximum Gasteiger partial charge on any atom is 0.328 e. The number of aromatic amines is 1. The Kier molecular flexibility index (Phi) is 4.05. The Bertz CT molecular complexity index is 503. The molecule has 0 aromatic carbocycles. The van der Waals surface area contributed by atoms with Gasteiger partial charge in [-0.1, -0.05) is 0 Å². The molecule has 1 aromatic heterocycles. The Labute approximate surface area is 100 Å². The van der Waals surface area contributed by atoms with Gasteiger partial charge in [0.1, 0.15) is 0 Å². The third kappa shape index (κ3) is 3.06. The number of carbonyl (C=O) groups is 1. The number of aryl methyl sites for hydroxylation is 1. The van der Waals surface area contributed by atoms with E-state index in [1.165, 1.54) is 15.7 Å². The van der Waals surface area contributed by atoms with Gasteiger partial charge in [0.15, 0.2) is 0 Å². The van der Waals surface area contributed by atoms with E-state index in [2.05, 4.69) is 20.9 Å². The van der Waals surface area contributed by atoms with E-state index in [4.69, 9.17) is 0 Å². The van der Waals surface area contributed by atoms with Crippen LogP contribution < -0.4 is 11.2 Å². The highest BCUT2D eigenvalue weighted by atomic mass is 79.9. The van der Waals surface area contributed by atoms with Crippen LogP contribution in [0, 0.1) is 0 Å². The summed E-state index contributed by atoms with van der Waals surface area (Å²) in [5.74, 6) is -0.0748. The Balaban J connectivity index is 2.83. The zero-order chi connectivity index (χ0) is 12.3. The summed E-state index contributed by atoms with van der Waals surface area (Å²) in [4.78, 5) is 37.3. The lowest BCUT2D eigenvalue weighted by molar-refractivity contribution is -0.128. The van der Waals surface area contributed by atoms with Crippen molar-refractivity contribution in [2.75, 3.05) is 14.1 Å². The maximum atomic E-state index is 11.3. The fourth-order valence-corrected chi connectivity index (χ4v) is 1.43. The van der Waals surface area contributed by atoms with Crippen molar-refractivity contribution in [3.8, 4) is 0 Å². The van der Waals surface area contributed by atoms with Crippen molar-refractivity contribution in [2.45, 2.75) is 13.0 Å². The van der Waals surface area contributed by atoms with Gasteiger partial charge >= 0.3 is 5.69 Å². The van der Waals surface area contributed by atoms with Crippen LogP contribution in [0.5, 0.6) is 0 Å². The van der Waals surface area contributed by atoms with E-state index in [1.54, 1.807) is 14.1 Å². The Morgan fingerprint density at radius 2 is 2.12 bits per heavy atom. The molecule has 0 saturated carbocycles. The summed E-state index contributed by atoms with van der Waals surface area (Å²) in [6.07, 6.45) is 1.59. The van der Waals surface area contributed by atoms with Gasteiger partial charge in [0.25, 0.3) is 5.56 Å². The van der Waals surface area contributed by atoms with Gasteiger partial charge in [-0.25, -0.2) is 4.79 Å². The summed E-state index contributed by atoms with van der Waals surface area (Å²) >= 11 is 3.02. The fourth-order valence-electron chi connectivity index (χ4n) is 1.09. The first kappa shape index (κ1) is 12.7. The highest BCUT2D eigenvalue weighted by Gasteiger charge is 2.06. The SMILES string of the molecule is CN(C)C(=O)CCn1cc(Br)c(=O)[nH]c1=O. The molecule has 0 saturated heterocycles. The van der Waals surface area contributed by atoms with Crippen LogP contribution in [0.3, 0.4) is 0 Å². The minimum Gasteiger partial charge on any atom is -0.349 e. The van der Waals surface area contributed by atoms with Crippen LogP contribution in [0.4, 0.5) is 0 Å². The fraction of sp³-hybridized carbons (Fsp3) is 0.444. The van der Waals surface area contributed by atoms with Crippen LogP contribution in [-0.2, 0) is 11.3 Å². The molecule has 1 N–H and O–H groups in total. The number of rotatable bonds is 3. The predicted molar refractivity (Wildman–Crippen MR) is 62.3 cm³/mol. The number of halogens is 1. The topological polar surface area (TPSA) is 75.2 Å². The monoisotopic (exact) mass is 289 g/mol. The molecule has 0 aliphatic heterocycles. The van der Waals surface area contributed by atoms with Crippen molar-refractivity contribution < 1.29 is 4.79 Å². The second-order valence-electron chi connectivity index (χ2n) is 3.47. The van der Waals surface area contributed by atoms with Crippen LogP contribution in [0.1, 0.15) is 6.42 Å². The lowest BCUT2D eigenvalue weighted by atomic mass is 10.4. The summed E-state index contributed by atoms with van der Waals surface area (Å²) in [5.41, 5.74) is -0.986. The maximum absolute atomic E-state index is 11.3. The summed E-state index contributed by atoms with van der Waals surface area (Å²) in [5, 5.41) is 0. The zero-order valence-corrected chi connectivity index (χ0v) is 10.6. The third-order valence-electron chi connectivity index (χ3n) is 2.03. The Morgan fingerprint density at radius 1 is 1.50 bits per heavy atom. The van der Waals surface area contributed by atoms with Crippen molar-refractivity contribution in [3.05, 3.63) is 31.5 Å². The van der Waals surface area contributed by atoms with E-state index in [9.17, 15) is 14.4 Å². The number of nitrogens with one attached hydrogen (secondary N) is 1. The average Bonchev–Trinajstić information content (AvgIpc) is 2.20.